The molecule has 0 aliphatic rings. The highest BCUT2D eigenvalue weighted by Gasteiger charge is 2.27. The Labute approximate surface area is 369 Å². The molecule has 0 aromatic heterocycles. The average Bonchev–Trinajstić information content (AvgIpc) is 3.16. The van der Waals surface area contributed by atoms with Gasteiger partial charge in [-0.25, -0.2) is 9.59 Å². The predicted molar refractivity (Wildman–Crippen MR) is 241 cm³/mol. The Morgan fingerprint density at radius 3 is 1.41 bits per heavy atom. The molecule has 14 heteroatoms. The van der Waals surface area contributed by atoms with E-state index in [9.17, 15) is 28.8 Å². The molecule has 0 aliphatic heterocycles. The Bertz CT molecular complexity index is 1190. The number of hydrogen-bond donors (Lipinski definition) is 4. The Balaban J connectivity index is 3.96. The van der Waals surface area contributed by atoms with Gasteiger partial charge in [0.05, 0.1) is 19.8 Å². The normalized spacial score (nSPS) is 12.0. The smallest absolute Gasteiger partial charge is 0.329 e. The molecule has 61 heavy (non-hydrogen) atoms. The summed E-state index contributed by atoms with van der Waals surface area (Å²) < 4.78 is 21.3. The van der Waals surface area contributed by atoms with Crippen LogP contribution < -0.4 is 21.3 Å². The molecule has 0 spiro atoms. The molecule has 0 aromatic carbocycles. The number of esters is 2. The Morgan fingerprint density at radius 2 is 0.902 bits per heavy atom. The molecule has 0 aromatic rings. The molecule has 4 amide bonds. The second-order valence-electron chi connectivity index (χ2n) is 18.2. The SMILES string of the molecule is CC(=O)COCCOCCNC(=O)NCCCCCCNC(=O)CC[C@H](NC(=O)CCCCCCCCCCCCCCCCCCC(=O)OC(C)(C)C)C(=O)OC(C)(C)C. The molecule has 0 saturated heterocycles. The highest BCUT2D eigenvalue weighted by Crippen LogP contribution is 2.16. The van der Waals surface area contributed by atoms with Gasteiger partial charge in [-0.3, -0.25) is 19.2 Å². The summed E-state index contributed by atoms with van der Waals surface area (Å²) in [7, 11) is 0. The number of rotatable bonds is 39. The van der Waals surface area contributed by atoms with Gasteiger partial charge < -0.3 is 40.2 Å². The summed E-state index contributed by atoms with van der Waals surface area (Å²) >= 11 is 0. The van der Waals surface area contributed by atoms with Crippen LogP contribution in [0.5, 0.6) is 0 Å². The first kappa shape index (κ1) is 57.7. The molecule has 0 saturated carbocycles. The molecule has 0 rings (SSSR count). The standard InChI is InChI=1S/C47H88N4O10/c1-39(52)38-59-37-36-58-35-34-50-45(57)49-33-27-23-22-26-32-48-41(53)31-30-40(44(56)61-47(5,6)7)51-42(54)28-24-20-18-16-14-12-10-8-9-11-13-15-17-19-21-25-29-43(55)60-46(2,3)4/h40H,8-38H2,1-7H3,(H,48,53)(H,51,54)(H2,49,50,57)/t40-/m0/s1. The van der Waals surface area contributed by atoms with Crippen LogP contribution in [0.1, 0.15) is 203 Å². The van der Waals surface area contributed by atoms with E-state index in [0.717, 1.165) is 57.8 Å². The van der Waals surface area contributed by atoms with Crippen LogP contribution in [0.3, 0.4) is 0 Å². The molecule has 0 radical (unpaired) electrons. The lowest BCUT2D eigenvalue weighted by Gasteiger charge is -2.24. The van der Waals surface area contributed by atoms with Crippen molar-refractivity contribution in [1.29, 1.82) is 0 Å². The van der Waals surface area contributed by atoms with Gasteiger partial charge in [0, 0.05) is 38.9 Å². The molecule has 0 aliphatic carbocycles. The van der Waals surface area contributed by atoms with E-state index in [1.54, 1.807) is 20.8 Å². The Kier molecular flexibility index (Phi) is 35.3. The van der Waals surface area contributed by atoms with E-state index >= 15 is 0 Å². The minimum Gasteiger partial charge on any atom is -0.460 e. The van der Waals surface area contributed by atoms with Gasteiger partial charge in [0.2, 0.25) is 11.8 Å². The minimum atomic E-state index is -0.879. The first-order valence-electron chi connectivity index (χ1n) is 23.7. The third-order valence-corrected chi connectivity index (χ3v) is 9.56. The number of hydrogen-bond acceptors (Lipinski definition) is 10. The number of nitrogens with one attached hydrogen (secondary N) is 4. The third kappa shape index (κ3) is 43.2. The largest absolute Gasteiger partial charge is 0.460 e. The van der Waals surface area contributed by atoms with E-state index in [0.29, 0.717) is 52.3 Å². The number of amides is 4. The van der Waals surface area contributed by atoms with Crippen LogP contribution in [0.25, 0.3) is 0 Å². The fourth-order valence-corrected chi connectivity index (χ4v) is 6.44. The van der Waals surface area contributed by atoms with Gasteiger partial charge in [-0.1, -0.05) is 103 Å². The number of ether oxygens (including phenoxy) is 4. The van der Waals surface area contributed by atoms with E-state index in [4.69, 9.17) is 18.9 Å². The molecule has 0 fully saturated rings. The summed E-state index contributed by atoms with van der Waals surface area (Å²) in [5.74, 6) is -1.02. The monoisotopic (exact) mass is 869 g/mol. The number of carbonyl (C=O) groups excluding carboxylic acids is 6. The summed E-state index contributed by atoms with van der Waals surface area (Å²) in [5.41, 5.74) is -1.10. The maximum absolute atomic E-state index is 12.9. The topological polar surface area (TPSA) is 187 Å². The van der Waals surface area contributed by atoms with Gasteiger partial charge in [-0.2, -0.15) is 0 Å². The van der Waals surface area contributed by atoms with Gasteiger partial charge in [-0.05, 0) is 80.6 Å². The van der Waals surface area contributed by atoms with Crippen molar-refractivity contribution in [3.05, 3.63) is 0 Å². The van der Waals surface area contributed by atoms with Crippen molar-refractivity contribution in [2.75, 3.05) is 46.1 Å². The van der Waals surface area contributed by atoms with Crippen molar-refractivity contribution in [3.8, 4) is 0 Å². The van der Waals surface area contributed by atoms with Crippen molar-refractivity contribution in [3.63, 3.8) is 0 Å². The molecular weight excluding hydrogens is 781 g/mol. The van der Waals surface area contributed by atoms with Gasteiger partial charge in [-0.15, -0.1) is 0 Å². The van der Waals surface area contributed by atoms with Gasteiger partial charge in [0.25, 0.3) is 0 Å². The van der Waals surface area contributed by atoms with E-state index in [1.807, 2.05) is 20.8 Å². The molecular formula is C47H88N4O10. The van der Waals surface area contributed by atoms with Crippen LogP contribution in [-0.2, 0) is 42.9 Å². The second-order valence-corrected chi connectivity index (χ2v) is 18.2. The number of Topliss-reactive ketones (excluding diaryl/α,β-unsaturated/α-hetero) is 1. The summed E-state index contributed by atoms with van der Waals surface area (Å²) in [6.07, 6.45) is 23.2. The van der Waals surface area contributed by atoms with Crippen molar-refractivity contribution < 1.29 is 47.7 Å². The van der Waals surface area contributed by atoms with E-state index < -0.39 is 23.2 Å². The maximum Gasteiger partial charge on any atom is 0.329 e. The Hall–Kier alpha value is -3.26. The van der Waals surface area contributed by atoms with Crippen molar-refractivity contribution >= 4 is 35.6 Å². The molecule has 356 valence electrons. The van der Waals surface area contributed by atoms with Crippen LogP contribution in [0, 0.1) is 0 Å². The van der Waals surface area contributed by atoms with E-state index in [1.165, 1.54) is 77.6 Å². The lowest BCUT2D eigenvalue weighted by Crippen LogP contribution is -2.44. The lowest BCUT2D eigenvalue weighted by atomic mass is 10.0. The van der Waals surface area contributed by atoms with Crippen LogP contribution >= 0.6 is 0 Å². The quantitative estimate of drug-likeness (QED) is 0.0344. The first-order chi connectivity index (χ1) is 29.0. The Morgan fingerprint density at radius 1 is 0.459 bits per heavy atom. The van der Waals surface area contributed by atoms with Crippen LogP contribution in [0.2, 0.25) is 0 Å². The van der Waals surface area contributed by atoms with E-state index in [2.05, 4.69) is 21.3 Å². The lowest BCUT2D eigenvalue weighted by molar-refractivity contribution is -0.159. The summed E-state index contributed by atoms with van der Waals surface area (Å²) in [5, 5.41) is 11.3. The molecule has 4 N–H and O–H groups in total. The fraction of sp³-hybridized carbons (Fsp3) is 0.872. The van der Waals surface area contributed by atoms with Gasteiger partial charge in [0.15, 0.2) is 5.78 Å². The third-order valence-electron chi connectivity index (χ3n) is 9.56. The highest BCUT2D eigenvalue weighted by atomic mass is 16.6. The summed E-state index contributed by atoms with van der Waals surface area (Å²) in [4.78, 5) is 72.7. The zero-order valence-electron chi connectivity index (χ0n) is 39.6. The molecule has 14 nitrogen and oxygen atoms in total. The van der Waals surface area contributed by atoms with Crippen LogP contribution in [-0.4, -0.2) is 98.9 Å². The van der Waals surface area contributed by atoms with Crippen molar-refractivity contribution in [2.45, 2.75) is 220 Å². The summed E-state index contributed by atoms with van der Waals surface area (Å²) in [6.45, 7) is 15.1. The average molecular weight is 869 g/mol. The number of unbranched alkanes of at least 4 members (excludes halogenated alkanes) is 18. The first-order valence-corrected chi connectivity index (χ1v) is 23.7. The van der Waals surface area contributed by atoms with Crippen LogP contribution in [0.4, 0.5) is 4.79 Å². The minimum absolute atomic E-state index is 0.0350. The summed E-state index contributed by atoms with van der Waals surface area (Å²) in [6, 6.07) is -1.14. The maximum atomic E-state index is 12.9. The van der Waals surface area contributed by atoms with Crippen LogP contribution in [0.15, 0.2) is 0 Å². The fourth-order valence-electron chi connectivity index (χ4n) is 6.44. The van der Waals surface area contributed by atoms with E-state index in [-0.39, 0.29) is 49.0 Å². The van der Waals surface area contributed by atoms with Crippen molar-refractivity contribution in [1.82, 2.24) is 21.3 Å². The highest BCUT2D eigenvalue weighted by molar-refractivity contribution is 5.85. The number of urea groups is 1. The predicted octanol–water partition coefficient (Wildman–Crippen LogP) is 8.55. The van der Waals surface area contributed by atoms with Crippen molar-refractivity contribution in [2.24, 2.45) is 0 Å². The number of ketones is 1. The van der Waals surface area contributed by atoms with Gasteiger partial charge >= 0.3 is 18.0 Å². The molecule has 0 heterocycles. The molecule has 0 bridgehead atoms. The zero-order valence-corrected chi connectivity index (χ0v) is 39.6. The number of carbonyl (C=O) groups is 6. The second kappa shape index (κ2) is 37.3. The van der Waals surface area contributed by atoms with Gasteiger partial charge in [0.1, 0.15) is 23.9 Å². The molecule has 0 unspecified atom stereocenters. The molecule has 1 atom stereocenters. The zero-order chi connectivity index (χ0) is 45.6.